The Kier molecular flexibility index (Phi) is 3.59. The molecule has 90 valence electrons. The third-order valence-electron chi connectivity index (χ3n) is 2.27. The molecule has 0 spiro atoms. The number of hydrogen-bond donors (Lipinski definition) is 1. The van der Waals surface area contributed by atoms with Crippen LogP contribution in [0, 0.1) is 6.92 Å². The molecule has 17 heavy (non-hydrogen) atoms. The van der Waals surface area contributed by atoms with E-state index in [4.69, 9.17) is 9.15 Å². The van der Waals surface area contributed by atoms with Gasteiger partial charge in [0.2, 0.25) is 11.8 Å². The highest BCUT2D eigenvalue weighted by Crippen LogP contribution is 2.11. The van der Waals surface area contributed by atoms with Gasteiger partial charge < -0.3 is 14.5 Å². The second-order valence-corrected chi connectivity index (χ2v) is 3.63. The van der Waals surface area contributed by atoms with Gasteiger partial charge in [0.25, 0.3) is 0 Å². The first kappa shape index (κ1) is 11.4. The molecule has 2 rings (SSSR count). The maximum absolute atomic E-state index is 5.23. The highest BCUT2D eigenvalue weighted by molar-refractivity contribution is 5.30. The van der Waals surface area contributed by atoms with E-state index < -0.39 is 0 Å². The molecule has 2 heterocycles. The van der Waals surface area contributed by atoms with Crippen LogP contribution < -0.4 is 10.1 Å². The molecule has 0 amide bonds. The van der Waals surface area contributed by atoms with Crippen LogP contribution in [0.4, 0.5) is 5.95 Å². The molecule has 2 aromatic rings. The first-order valence-electron chi connectivity index (χ1n) is 5.44. The summed E-state index contributed by atoms with van der Waals surface area (Å²) in [6, 6.07) is 5.61. The highest BCUT2D eigenvalue weighted by Gasteiger charge is 2.02. The summed E-state index contributed by atoms with van der Waals surface area (Å²) in [7, 11) is 1.59. The zero-order valence-electron chi connectivity index (χ0n) is 9.93. The van der Waals surface area contributed by atoms with Gasteiger partial charge in [-0.2, -0.15) is 4.98 Å². The summed E-state index contributed by atoms with van der Waals surface area (Å²) in [4.78, 5) is 8.46. The number of furan rings is 1. The summed E-state index contributed by atoms with van der Waals surface area (Å²) in [5.74, 6) is 2.09. The van der Waals surface area contributed by atoms with Crippen molar-refractivity contribution in [3.05, 3.63) is 35.9 Å². The Balaban J connectivity index is 1.92. The van der Waals surface area contributed by atoms with Gasteiger partial charge >= 0.3 is 0 Å². The molecule has 5 heteroatoms. The van der Waals surface area contributed by atoms with Crippen LogP contribution in [-0.4, -0.2) is 23.6 Å². The van der Waals surface area contributed by atoms with Crippen molar-refractivity contribution < 1.29 is 9.15 Å². The van der Waals surface area contributed by atoms with Gasteiger partial charge in [-0.1, -0.05) is 0 Å². The number of ether oxygens (including phenoxy) is 1. The normalized spacial score (nSPS) is 10.2. The van der Waals surface area contributed by atoms with Crippen LogP contribution in [0.15, 0.2) is 28.9 Å². The second kappa shape index (κ2) is 5.34. The van der Waals surface area contributed by atoms with Crippen molar-refractivity contribution in [2.75, 3.05) is 19.0 Å². The first-order chi connectivity index (χ1) is 8.28. The van der Waals surface area contributed by atoms with Gasteiger partial charge in [0, 0.05) is 24.7 Å². The number of nitrogens with one attached hydrogen (secondary N) is 1. The van der Waals surface area contributed by atoms with Crippen molar-refractivity contribution in [3.8, 4) is 5.88 Å². The van der Waals surface area contributed by atoms with Crippen LogP contribution in [0.25, 0.3) is 0 Å². The lowest BCUT2D eigenvalue weighted by Gasteiger charge is -2.06. The van der Waals surface area contributed by atoms with E-state index in [9.17, 15) is 0 Å². The predicted octanol–water partition coefficient (Wildman–Crippen LogP) is 2.04. The standard InChI is InChI=1S/C12H15N3O2/c1-9-8-11(16-2)15-12(14-9)13-6-5-10-4-3-7-17-10/h3-4,7-8H,5-6H2,1-2H3,(H,13,14,15). The fourth-order valence-electron chi connectivity index (χ4n) is 1.48. The van der Waals surface area contributed by atoms with Crippen molar-refractivity contribution in [1.29, 1.82) is 0 Å². The average Bonchev–Trinajstić information content (AvgIpc) is 2.81. The van der Waals surface area contributed by atoms with E-state index >= 15 is 0 Å². The van der Waals surface area contributed by atoms with Gasteiger partial charge in [0.15, 0.2) is 0 Å². The van der Waals surface area contributed by atoms with Crippen LogP contribution in [-0.2, 0) is 6.42 Å². The third kappa shape index (κ3) is 3.21. The van der Waals surface area contributed by atoms with E-state index in [1.54, 1.807) is 19.4 Å². The summed E-state index contributed by atoms with van der Waals surface area (Å²) in [6.07, 6.45) is 2.47. The van der Waals surface area contributed by atoms with E-state index in [-0.39, 0.29) is 0 Å². The minimum Gasteiger partial charge on any atom is -0.481 e. The fourth-order valence-corrected chi connectivity index (χ4v) is 1.48. The van der Waals surface area contributed by atoms with Crippen molar-refractivity contribution in [3.63, 3.8) is 0 Å². The van der Waals surface area contributed by atoms with Crippen LogP contribution >= 0.6 is 0 Å². The van der Waals surface area contributed by atoms with Crippen molar-refractivity contribution >= 4 is 5.95 Å². The molecule has 0 saturated heterocycles. The Hall–Kier alpha value is -2.04. The summed E-state index contributed by atoms with van der Waals surface area (Å²) < 4.78 is 10.3. The molecular formula is C12H15N3O2. The highest BCUT2D eigenvalue weighted by atomic mass is 16.5. The Morgan fingerprint density at radius 1 is 1.41 bits per heavy atom. The Morgan fingerprint density at radius 2 is 2.29 bits per heavy atom. The Labute approximate surface area is 99.8 Å². The fraction of sp³-hybridized carbons (Fsp3) is 0.333. The van der Waals surface area contributed by atoms with Gasteiger partial charge in [-0.05, 0) is 19.1 Å². The molecular weight excluding hydrogens is 218 g/mol. The molecule has 0 saturated carbocycles. The molecule has 2 aromatic heterocycles. The van der Waals surface area contributed by atoms with Crippen molar-refractivity contribution in [2.45, 2.75) is 13.3 Å². The van der Waals surface area contributed by atoms with Gasteiger partial charge in [-0.3, -0.25) is 0 Å². The maximum Gasteiger partial charge on any atom is 0.226 e. The van der Waals surface area contributed by atoms with Gasteiger partial charge in [-0.15, -0.1) is 0 Å². The second-order valence-electron chi connectivity index (χ2n) is 3.63. The van der Waals surface area contributed by atoms with E-state index in [1.807, 2.05) is 19.1 Å². The summed E-state index contributed by atoms with van der Waals surface area (Å²) >= 11 is 0. The van der Waals surface area contributed by atoms with E-state index in [2.05, 4.69) is 15.3 Å². The summed E-state index contributed by atoms with van der Waals surface area (Å²) in [5, 5.41) is 3.14. The van der Waals surface area contributed by atoms with Crippen LogP contribution in [0.5, 0.6) is 5.88 Å². The number of methoxy groups -OCH3 is 1. The summed E-state index contributed by atoms with van der Waals surface area (Å²) in [5.41, 5.74) is 0.873. The molecule has 0 fully saturated rings. The van der Waals surface area contributed by atoms with Crippen molar-refractivity contribution in [2.24, 2.45) is 0 Å². The molecule has 0 atom stereocenters. The number of anilines is 1. The molecule has 0 bridgehead atoms. The largest absolute Gasteiger partial charge is 0.481 e. The van der Waals surface area contributed by atoms with Gasteiger partial charge in [-0.25, -0.2) is 4.98 Å². The summed E-state index contributed by atoms with van der Waals surface area (Å²) in [6.45, 7) is 2.63. The SMILES string of the molecule is COc1cc(C)nc(NCCc2ccco2)n1. The molecule has 0 aliphatic heterocycles. The number of rotatable bonds is 5. The molecule has 0 aromatic carbocycles. The monoisotopic (exact) mass is 233 g/mol. The van der Waals surface area contributed by atoms with Crippen LogP contribution in [0.1, 0.15) is 11.5 Å². The quantitative estimate of drug-likeness (QED) is 0.856. The lowest BCUT2D eigenvalue weighted by atomic mass is 10.3. The van der Waals surface area contributed by atoms with Crippen molar-refractivity contribution in [1.82, 2.24) is 9.97 Å². The van der Waals surface area contributed by atoms with Crippen LogP contribution in [0.3, 0.4) is 0 Å². The smallest absolute Gasteiger partial charge is 0.226 e. The van der Waals surface area contributed by atoms with Gasteiger partial charge in [0.1, 0.15) is 5.76 Å². The zero-order chi connectivity index (χ0) is 12.1. The van der Waals surface area contributed by atoms with E-state index in [1.165, 1.54) is 0 Å². The van der Waals surface area contributed by atoms with Gasteiger partial charge in [0.05, 0.1) is 13.4 Å². The average molecular weight is 233 g/mol. The van der Waals surface area contributed by atoms with E-state index in [0.29, 0.717) is 11.8 Å². The number of aryl methyl sites for hydroxylation is 1. The molecule has 0 aliphatic carbocycles. The topological polar surface area (TPSA) is 60.2 Å². The molecule has 5 nitrogen and oxygen atoms in total. The van der Waals surface area contributed by atoms with Crippen LogP contribution in [0.2, 0.25) is 0 Å². The zero-order valence-corrected chi connectivity index (χ0v) is 9.93. The molecule has 0 aliphatic rings. The Morgan fingerprint density at radius 3 is 3.00 bits per heavy atom. The lowest BCUT2D eigenvalue weighted by Crippen LogP contribution is -2.08. The number of hydrogen-bond acceptors (Lipinski definition) is 5. The predicted molar refractivity (Wildman–Crippen MR) is 64.2 cm³/mol. The number of nitrogens with zero attached hydrogens (tertiary/aromatic N) is 2. The molecule has 0 radical (unpaired) electrons. The molecule has 0 unspecified atom stereocenters. The minimum atomic E-state index is 0.568. The van der Waals surface area contributed by atoms with E-state index in [0.717, 1.165) is 24.4 Å². The molecule has 1 N–H and O–H groups in total. The lowest BCUT2D eigenvalue weighted by molar-refractivity contribution is 0.397. The number of aromatic nitrogens is 2. The first-order valence-corrected chi connectivity index (χ1v) is 5.44. The minimum absolute atomic E-state index is 0.568. The third-order valence-corrected chi connectivity index (χ3v) is 2.27. The Bertz CT molecular complexity index is 469. The maximum atomic E-state index is 5.23.